The minimum Gasteiger partial charge on any atom is -0.355 e. The van der Waals surface area contributed by atoms with E-state index in [4.69, 9.17) is 0 Å². The van der Waals surface area contributed by atoms with E-state index in [9.17, 15) is 17.6 Å². The first kappa shape index (κ1) is 19.1. The molecule has 0 saturated heterocycles. The van der Waals surface area contributed by atoms with E-state index in [2.05, 4.69) is 10.0 Å². The standard InChI is InChI=1S/C18H21FN2O3S/c1-2-12-20-18(22)16(13-14-8-4-3-5-9-14)21-25(23,24)17-11-7-6-10-15(17)19/h3-11,16,21H,2,12-13H2,1H3,(H,20,22). The summed E-state index contributed by atoms with van der Waals surface area (Å²) in [7, 11) is -4.17. The van der Waals surface area contributed by atoms with Gasteiger partial charge < -0.3 is 5.32 Å². The second-order valence-electron chi connectivity index (χ2n) is 5.59. The summed E-state index contributed by atoms with van der Waals surface area (Å²) in [5.41, 5.74) is 0.801. The number of sulfonamides is 1. The van der Waals surface area contributed by atoms with Crippen LogP contribution in [0.4, 0.5) is 4.39 Å². The number of hydrogen-bond donors (Lipinski definition) is 2. The van der Waals surface area contributed by atoms with Gasteiger partial charge in [0, 0.05) is 6.54 Å². The fraction of sp³-hybridized carbons (Fsp3) is 0.278. The minimum atomic E-state index is -4.17. The van der Waals surface area contributed by atoms with Gasteiger partial charge in [-0.05, 0) is 30.5 Å². The maximum absolute atomic E-state index is 13.8. The molecule has 0 aliphatic rings. The van der Waals surface area contributed by atoms with Crippen molar-refractivity contribution in [3.63, 3.8) is 0 Å². The van der Waals surface area contributed by atoms with Crippen LogP contribution < -0.4 is 10.0 Å². The average molecular weight is 364 g/mol. The Morgan fingerprint density at radius 2 is 1.72 bits per heavy atom. The van der Waals surface area contributed by atoms with Gasteiger partial charge in [0.25, 0.3) is 0 Å². The van der Waals surface area contributed by atoms with Crippen molar-refractivity contribution in [2.75, 3.05) is 6.54 Å². The number of benzene rings is 2. The molecule has 0 bridgehead atoms. The lowest BCUT2D eigenvalue weighted by Crippen LogP contribution is -2.48. The van der Waals surface area contributed by atoms with E-state index in [-0.39, 0.29) is 6.42 Å². The maximum atomic E-state index is 13.8. The normalized spacial score (nSPS) is 12.6. The summed E-state index contributed by atoms with van der Waals surface area (Å²) in [5.74, 6) is -1.30. The monoisotopic (exact) mass is 364 g/mol. The van der Waals surface area contributed by atoms with Crippen LogP contribution in [0.3, 0.4) is 0 Å². The van der Waals surface area contributed by atoms with Crippen LogP contribution in [0.15, 0.2) is 59.5 Å². The van der Waals surface area contributed by atoms with Crippen molar-refractivity contribution in [3.05, 3.63) is 66.0 Å². The summed E-state index contributed by atoms with van der Waals surface area (Å²) in [6.45, 7) is 2.33. The lowest BCUT2D eigenvalue weighted by Gasteiger charge is -2.19. The van der Waals surface area contributed by atoms with Gasteiger partial charge in [0.1, 0.15) is 16.8 Å². The van der Waals surface area contributed by atoms with E-state index in [0.717, 1.165) is 18.1 Å². The quantitative estimate of drug-likeness (QED) is 0.754. The second-order valence-corrected chi connectivity index (χ2v) is 7.27. The average Bonchev–Trinajstić information content (AvgIpc) is 2.60. The molecular weight excluding hydrogens is 343 g/mol. The molecule has 2 N–H and O–H groups in total. The molecule has 2 aromatic rings. The van der Waals surface area contributed by atoms with Crippen molar-refractivity contribution >= 4 is 15.9 Å². The van der Waals surface area contributed by atoms with Crippen LogP contribution >= 0.6 is 0 Å². The first-order valence-electron chi connectivity index (χ1n) is 8.02. The summed E-state index contributed by atoms with van der Waals surface area (Å²) in [6, 6.07) is 13.1. The highest BCUT2D eigenvalue weighted by atomic mass is 32.2. The van der Waals surface area contributed by atoms with Crippen molar-refractivity contribution < 1.29 is 17.6 Å². The van der Waals surface area contributed by atoms with Crippen LogP contribution in [0.1, 0.15) is 18.9 Å². The van der Waals surface area contributed by atoms with Gasteiger partial charge in [-0.3, -0.25) is 4.79 Å². The van der Waals surface area contributed by atoms with Crippen molar-refractivity contribution in [2.24, 2.45) is 0 Å². The van der Waals surface area contributed by atoms with E-state index in [1.165, 1.54) is 18.2 Å². The first-order chi connectivity index (χ1) is 11.9. The lowest BCUT2D eigenvalue weighted by molar-refractivity contribution is -0.122. The van der Waals surface area contributed by atoms with Crippen LogP contribution in [0, 0.1) is 5.82 Å². The zero-order chi connectivity index (χ0) is 18.3. The van der Waals surface area contributed by atoms with Gasteiger partial charge in [0.05, 0.1) is 0 Å². The Labute approximate surface area is 147 Å². The van der Waals surface area contributed by atoms with Gasteiger partial charge >= 0.3 is 0 Å². The molecule has 0 fully saturated rings. The molecule has 0 aromatic heterocycles. The van der Waals surface area contributed by atoms with Gasteiger partial charge in [0.2, 0.25) is 15.9 Å². The van der Waals surface area contributed by atoms with E-state index < -0.39 is 32.7 Å². The van der Waals surface area contributed by atoms with E-state index in [0.29, 0.717) is 6.54 Å². The molecule has 0 spiro atoms. The van der Waals surface area contributed by atoms with Crippen molar-refractivity contribution in [3.8, 4) is 0 Å². The van der Waals surface area contributed by atoms with Gasteiger partial charge in [0.15, 0.2) is 0 Å². The molecule has 7 heteroatoms. The highest BCUT2D eigenvalue weighted by molar-refractivity contribution is 7.89. The Bertz CT molecular complexity index is 810. The topological polar surface area (TPSA) is 75.3 Å². The summed E-state index contributed by atoms with van der Waals surface area (Å²) in [5, 5.41) is 2.68. The van der Waals surface area contributed by atoms with Crippen LogP contribution in [0.25, 0.3) is 0 Å². The number of halogens is 1. The van der Waals surface area contributed by atoms with E-state index in [1.807, 2.05) is 25.1 Å². The lowest BCUT2D eigenvalue weighted by atomic mass is 10.1. The minimum absolute atomic E-state index is 0.171. The Hall–Kier alpha value is -2.25. The Morgan fingerprint density at radius 1 is 1.08 bits per heavy atom. The fourth-order valence-corrected chi connectivity index (χ4v) is 3.60. The van der Waals surface area contributed by atoms with E-state index >= 15 is 0 Å². The van der Waals surface area contributed by atoms with Crippen molar-refractivity contribution in [1.82, 2.24) is 10.0 Å². The SMILES string of the molecule is CCCNC(=O)C(Cc1ccccc1)NS(=O)(=O)c1ccccc1F. The molecular formula is C18H21FN2O3S. The number of carbonyl (C=O) groups is 1. The Balaban J connectivity index is 2.25. The summed E-state index contributed by atoms with van der Waals surface area (Å²) < 4.78 is 41.2. The van der Waals surface area contributed by atoms with Crippen molar-refractivity contribution in [1.29, 1.82) is 0 Å². The number of amides is 1. The smallest absolute Gasteiger partial charge is 0.244 e. The second kappa shape index (κ2) is 8.73. The van der Waals surface area contributed by atoms with Gasteiger partial charge in [-0.2, -0.15) is 4.72 Å². The highest BCUT2D eigenvalue weighted by Crippen LogP contribution is 2.15. The van der Waals surface area contributed by atoms with Crippen LogP contribution in [0.5, 0.6) is 0 Å². The summed E-state index contributed by atoms with van der Waals surface area (Å²) in [6.07, 6.45) is 0.897. The predicted octanol–water partition coefficient (Wildman–Crippen LogP) is 2.24. The maximum Gasteiger partial charge on any atom is 0.244 e. The van der Waals surface area contributed by atoms with Gasteiger partial charge in [-0.15, -0.1) is 0 Å². The number of nitrogens with one attached hydrogen (secondary N) is 2. The molecule has 1 atom stereocenters. The van der Waals surface area contributed by atoms with Gasteiger partial charge in [-0.1, -0.05) is 49.4 Å². The van der Waals surface area contributed by atoms with Crippen molar-refractivity contribution in [2.45, 2.75) is 30.7 Å². The molecule has 1 amide bonds. The molecule has 0 heterocycles. The first-order valence-corrected chi connectivity index (χ1v) is 9.51. The molecule has 0 radical (unpaired) electrons. The molecule has 0 aliphatic carbocycles. The fourth-order valence-electron chi connectivity index (χ4n) is 2.32. The summed E-state index contributed by atoms with van der Waals surface area (Å²) in [4.78, 5) is 11.9. The van der Waals surface area contributed by atoms with Crippen LogP contribution in [-0.2, 0) is 21.2 Å². The predicted molar refractivity (Wildman–Crippen MR) is 94.0 cm³/mol. The molecule has 0 saturated carbocycles. The molecule has 0 aliphatic heterocycles. The molecule has 25 heavy (non-hydrogen) atoms. The molecule has 134 valence electrons. The molecule has 2 rings (SSSR count). The highest BCUT2D eigenvalue weighted by Gasteiger charge is 2.27. The zero-order valence-corrected chi connectivity index (χ0v) is 14.7. The number of carbonyl (C=O) groups excluding carboxylic acids is 1. The van der Waals surface area contributed by atoms with Crippen LogP contribution in [0.2, 0.25) is 0 Å². The third kappa shape index (κ3) is 5.37. The van der Waals surface area contributed by atoms with E-state index in [1.54, 1.807) is 12.1 Å². The summed E-state index contributed by atoms with van der Waals surface area (Å²) >= 11 is 0. The largest absolute Gasteiger partial charge is 0.355 e. The molecule has 5 nitrogen and oxygen atoms in total. The number of rotatable bonds is 8. The van der Waals surface area contributed by atoms with Gasteiger partial charge in [-0.25, -0.2) is 12.8 Å². The zero-order valence-electron chi connectivity index (χ0n) is 13.9. The Kier molecular flexibility index (Phi) is 6.66. The molecule has 2 aromatic carbocycles. The third-order valence-electron chi connectivity index (χ3n) is 3.57. The number of hydrogen-bond acceptors (Lipinski definition) is 3. The Morgan fingerprint density at radius 3 is 2.36 bits per heavy atom. The third-order valence-corrected chi connectivity index (χ3v) is 5.08. The van der Waals surface area contributed by atoms with Crippen LogP contribution in [-0.4, -0.2) is 26.9 Å². The molecule has 1 unspecified atom stereocenters.